The van der Waals surface area contributed by atoms with Gasteiger partial charge in [0.1, 0.15) is 12.1 Å². The molecule has 0 saturated carbocycles. The van der Waals surface area contributed by atoms with Crippen molar-refractivity contribution < 1.29 is 22.7 Å². The maximum atomic E-state index is 12.3. The van der Waals surface area contributed by atoms with Crippen LogP contribution in [0.3, 0.4) is 0 Å². The molecule has 150 valence electrons. The first-order valence-electron chi connectivity index (χ1n) is 8.87. The first-order chi connectivity index (χ1) is 13.0. The van der Waals surface area contributed by atoms with E-state index in [1.54, 1.807) is 45.0 Å². The third-order valence-electron chi connectivity index (χ3n) is 3.80. The number of nitrogens with one attached hydrogen (secondary N) is 1. The fraction of sp³-hybridized carbons (Fsp3) is 0.333. The Hall–Kier alpha value is -2.51. The van der Waals surface area contributed by atoms with Gasteiger partial charge in [0, 0.05) is 12.0 Å². The zero-order valence-electron chi connectivity index (χ0n) is 16.5. The van der Waals surface area contributed by atoms with Gasteiger partial charge in [0.15, 0.2) is 5.78 Å². The fourth-order valence-electron chi connectivity index (χ4n) is 2.43. The number of ketones is 1. The van der Waals surface area contributed by atoms with Crippen molar-refractivity contribution in [3.8, 4) is 0 Å². The van der Waals surface area contributed by atoms with Gasteiger partial charge in [0.2, 0.25) is 10.0 Å². The highest BCUT2D eigenvalue weighted by molar-refractivity contribution is 7.89. The van der Waals surface area contributed by atoms with Gasteiger partial charge in [-0.05, 0) is 45.4 Å². The zero-order valence-corrected chi connectivity index (χ0v) is 17.3. The Morgan fingerprint density at radius 2 is 1.54 bits per heavy atom. The van der Waals surface area contributed by atoms with Crippen LogP contribution in [0.4, 0.5) is 0 Å². The van der Waals surface area contributed by atoms with Crippen molar-refractivity contribution in [1.82, 2.24) is 4.72 Å². The van der Waals surface area contributed by atoms with Crippen LogP contribution in [0.15, 0.2) is 53.4 Å². The second-order valence-corrected chi connectivity index (χ2v) is 9.29. The summed E-state index contributed by atoms with van der Waals surface area (Å²) in [6.45, 7) is 6.61. The van der Waals surface area contributed by atoms with Crippen LogP contribution in [0, 0.1) is 6.92 Å². The molecular formula is C21H25NO5S. The summed E-state index contributed by atoms with van der Waals surface area (Å²) in [7, 11) is -3.85. The zero-order chi connectivity index (χ0) is 20.9. The normalized spacial score (nSPS) is 11.9. The van der Waals surface area contributed by atoms with Gasteiger partial charge in [-0.25, -0.2) is 8.42 Å². The molecular weight excluding hydrogens is 378 g/mol. The molecule has 2 rings (SSSR count). The fourth-order valence-corrected chi connectivity index (χ4v) is 3.40. The number of carbonyl (C=O) groups is 2. The van der Waals surface area contributed by atoms with E-state index in [0.29, 0.717) is 11.1 Å². The van der Waals surface area contributed by atoms with E-state index in [4.69, 9.17) is 4.74 Å². The van der Waals surface area contributed by atoms with E-state index in [-0.39, 0.29) is 17.1 Å². The van der Waals surface area contributed by atoms with Crippen molar-refractivity contribution in [2.75, 3.05) is 6.54 Å². The SMILES string of the molecule is Cc1ccc(C(=O)Cc2ccc(S(=O)(=O)NCC(=O)OC(C)(C)C)cc2)cc1. The van der Waals surface area contributed by atoms with Crippen molar-refractivity contribution in [2.45, 2.75) is 44.6 Å². The number of sulfonamides is 1. The average molecular weight is 404 g/mol. The van der Waals surface area contributed by atoms with E-state index >= 15 is 0 Å². The lowest BCUT2D eigenvalue weighted by atomic mass is 10.0. The second-order valence-electron chi connectivity index (χ2n) is 7.52. The van der Waals surface area contributed by atoms with Gasteiger partial charge in [-0.3, -0.25) is 9.59 Å². The number of hydrogen-bond donors (Lipinski definition) is 1. The molecule has 0 radical (unpaired) electrons. The van der Waals surface area contributed by atoms with Gasteiger partial charge in [-0.1, -0.05) is 42.0 Å². The standard InChI is InChI=1S/C21H25NO5S/c1-15-5-9-17(10-6-15)19(23)13-16-7-11-18(12-8-16)28(25,26)22-14-20(24)27-21(2,3)4/h5-12,22H,13-14H2,1-4H3. The molecule has 0 aliphatic heterocycles. The van der Waals surface area contributed by atoms with Crippen LogP contribution in [0.1, 0.15) is 42.3 Å². The third kappa shape index (κ3) is 6.58. The molecule has 0 fully saturated rings. The number of aryl methyl sites for hydroxylation is 1. The largest absolute Gasteiger partial charge is 0.459 e. The van der Waals surface area contributed by atoms with Gasteiger partial charge < -0.3 is 4.74 Å². The van der Waals surface area contributed by atoms with Crippen LogP contribution >= 0.6 is 0 Å². The number of Topliss-reactive ketones (excluding diaryl/α,β-unsaturated/α-hetero) is 1. The maximum absolute atomic E-state index is 12.3. The summed E-state index contributed by atoms with van der Waals surface area (Å²) in [5.41, 5.74) is 1.71. The minimum atomic E-state index is -3.85. The molecule has 0 spiro atoms. The van der Waals surface area contributed by atoms with Crippen molar-refractivity contribution in [3.63, 3.8) is 0 Å². The van der Waals surface area contributed by atoms with E-state index < -0.39 is 28.1 Å². The van der Waals surface area contributed by atoms with Crippen molar-refractivity contribution in [2.24, 2.45) is 0 Å². The summed E-state index contributed by atoms with van der Waals surface area (Å²) in [6.07, 6.45) is 0.175. The summed E-state index contributed by atoms with van der Waals surface area (Å²) in [4.78, 5) is 24.0. The molecule has 0 aliphatic rings. The quantitative estimate of drug-likeness (QED) is 0.567. The molecule has 0 aromatic heterocycles. The van der Waals surface area contributed by atoms with E-state index in [2.05, 4.69) is 4.72 Å². The van der Waals surface area contributed by atoms with Crippen LogP contribution in [-0.4, -0.2) is 32.3 Å². The molecule has 1 N–H and O–H groups in total. The summed E-state index contributed by atoms with van der Waals surface area (Å²) < 4.78 is 31.9. The Morgan fingerprint density at radius 1 is 0.964 bits per heavy atom. The minimum Gasteiger partial charge on any atom is -0.459 e. The van der Waals surface area contributed by atoms with E-state index in [1.807, 2.05) is 19.1 Å². The minimum absolute atomic E-state index is 0.0163. The van der Waals surface area contributed by atoms with E-state index in [0.717, 1.165) is 5.56 Å². The van der Waals surface area contributed by atoms with Crippen LogP contribution in [0.2, 0.25) is 0 Å². The van der Waals surface area contributed by atoms with Crippen LogP contribution in [0.25, 0.3) is 0 Å². The Bertz CT molecular complexity index is 940. The molecule has 6 nitrogen and oxygen atoms in total. The molecule has 0 amide bonds. The van der Waals surface area contributed by atoms with Gasteiger partial charge >= 0.3 is 5.97 Å². The Balaban J connectivity index is 1.99. The Morgan fingerprint density at radius 3 is 2.07 bits per heavy atom. The molecule has 0 saturated heterocycles. The lowest BCUT2D eigenvalue weighted by molar-refractivity contribution is -0.153. The van der Waals surface area contributed by atoms with Gasteiger partial charge in [-0.2, -0.15) is 4.72 Å². The molecule has 28 heavy (non-hydrogen) atoms. The van der Waals surface area contributed by atoms with Crippen LogP contribution in [0.5, 0.6) is 0 Å². The predicted octanol–water partition coefficient (Wildman–Crippen LogP) is 3.04. The highest BCUT2D eigenvalue weighted by Crippen LogP contribution is 2.14. The van der Waals surface area contributed by atoms with E-state index in [9.17, 15) is 18.0 Å². The number of ether oxygens (including phenoxy) is 1. The monoisotopic (exact) mass is 403 g/mol. The topological polar surface area (TPSA) is 89.5 Å². The summed E-state index contributed by atoms with van der Waals surface area (Å²) in [5.74, 6) is -0.699. The molecule has 0 atom stereocenters. The molecule has 0 aliphatic carbocycles. The first kappa shape index (κ1) is 21.8. The van der Waals surface area contributed by atoms with Gasteiger partial charge in [-0.15, -0.1) is 0 Å². The van der Waals surface area contributed by atoms with Crippen LogP contribution < -0.4 is 4.72 Å². The summed E-state index contributed by atoms with van der Waals surface area (Å²) in [6, 6.07) is 13.3. The lowest BCUT2D eigenvalue weighted by Crippen LogP contribution is -2.34. The molecule has 0 heterocycles. The Labute approximate surface area is 166 Å². The van der Waals surface area contributed by atoms with Gasteiger partial charge in [0.25, 0.3) is 0 Å². The molecule has 0 unspecified atom stereocenters. The van der Waals surface area contributed by atoms with Gasteiger partial charge in [0.05, 0.1) is 4.90 Å². The molecule has 0 bridgehead atoms. The van der Waals surface area contributed by atoms with Crippen molar-refractivity contribution >= 4 is 21.8 Å². The maximum Gasteiger partial charge on any atom is 0.321 e. The lowest BCUT2D eigenvalue weighted by Gasteiger charge is -2.19. The third-order valence-corrected chi connectivity index (χ3v) is 5.22. The Kier molecular flexibility index (Phi) is 6.74. The smallest absolute Gasteiger partial charge is 0.321 e. The number of benzene rings is 2. The van der Waals surface area contributed by atoms with Crippen molar-refractivity contribution in [3.05, 3.63) is 65.2 Å². The highest BCUT2D eigenvalue weighted by atomic mass is 32.2. The molecule has 2 aromatic rings. The molecule has 7 heteroatoms. The summed E-state index contributed by atoms with van der Waals surface area (Å²) in [5, 5.41) is 0. The highest BCUT2D eigenvalue weighted by Gasteiger charge is 2.20. The van der Waals surface area contributed by atoms with Crippen LogP contribution in [-0.2, 0) is 26.0 Å². The number of carbonyl (C=O) groups excluding carboxylic acids is 2. The van der Waals surface area contributed by atoms with Crippen molar-refractivity contribution in [1.29, 1.82) is 0 Å². The average Bonchev–Trinajstić information content (AvgIpc) is 2.60. The second kappa shape index (κ2) is 8.67. The number of hydrogen-bond acceptors (Lipinski definition) is 5. The van der Waals surface area contributed by atoms with E-state index in [1.165, 1.54) is 12.1 Å². The predicted molar refractivity (Wildman–Crippen MR) is 107 cm³/mol. The number of rotatable bonds is 7. The summed E-state index contributed by atoms with van der Waals surface area (Å²) >= 11 is 0. The number of esters is 1. The first-order valence-corrected chi connectivity index (χ1v) is 10.3. The molecule has 2 aromatic carbocycles.